The van der Waals surface area contributed by atoms with E-state index in [2.05, 4.69) is 4.72 Å². The molecule has 9 heteroatoms. The van der Waals surface area contributed by atoms with Crippen LogP contribution in [0.4, 0.5) is 5.69 Å². The van der Waals surface area contributed by atoms with Crippen molar-refractivity contribution in [3.63, 3.8) is 0 Å². The molecule has 2 aromatic rings. The summed E-state index contributed by atoms with van der Waals surface area (Å²) in [5.74, 6) is 0.505. The predicted molar refractivity (Wildman–Crippen MR) is 116 cm³/mol. The van der Waals surface area contributed by atoms with Gasteiger partial charge in [0, 0.05) is 24.2 Å². The fourth-order valence-corrected chi connectivity index (χ4v) is 4.99. The molecule has 162 valence electrons. The normalized spacial score (nSPS) is 14.3. The van der Waals surface area contributed by atoms with Crippen LogP contribution in [0.25, 0.3) is 0 Å². The number of rotatable bonds is 6. The smallest absolute Gasteiger partial charge is 0.262 e. The summed E-state index contributed by atoms with van der Waals surface area (Å²) in [6, 6.07) is 7.57. The number of carbonyl (C=O) groups is 1. The molecule has 1 heterocycles. The minimum Gasteiger partial charge on any atom is -0.493 e. The summed E-state index contributed by atoms with van der Waals surface area (Å²) in [6.07, 6.45) is 2.96. The SMILES string of the molecule is COc1cc(C)c(S(=O)(=O)Nc2cc(Cl)ccc2C(=O)N2CCCCC2)cc1OC. The number of anilines is 1. The van der Waals surface area contributed by atoms with Crippen molar-refractivity contribution in [2.75, 3.05) is 32.0 Å². The van der Waals surface area contributed by atoms with E-state index in [1.807, 2.05) is 0 Å². The van der Waals surface area contributed by atoms with Crippen LogP contribution in [0.15, 0.2) is 35.2 Å². The lowest BCUT2D eigenvalue weighted by Crippen LogP contribution is -2.36. The first kappa shape index (κ1) is 22.2. The molecule has 3 rings (SSSR count). The van der Waals surface area contributed by atoms with Crippen molar-refractivity contribution in [1.29, 1.82) is 0 Å². The number of methoxy groups -OCH3 is 2. The molecule has 1 N–H and O–H groups in total. The van der Waals surface area contributed by atoms with Crippen LogP contribution in [0.2, 0.25) is 5.02 Å². The van der Waals surface area contributed by atoms with Crippen LogP contribution in [0, 0.1) is 6.92 Å². The van der Waals surface area contributed by atoms with E-state index < -0.39 is 10.0 Å². The van der Waals surface area contributed by atoms with Gasteiger partial charge in [0.05, 0.1) is 30.4 Å². The van der Waals surface area contributed by atoms with Crippen LogP contribution < -0.4 is 14.2 Å². The number of amides is 1. The first-order chi connectivity index (χ1) is 14.3. The second-order valence-corrected chi connectivity index (χ2v) is 9.21. The molecule has 0 atom stereocenters. The zero-order valence-electron chi connectivity index (χ0n) is 17.2. The van der Waals surface area contributed by atoms with Gasteiger partial charge in [0.15, 0.2) is 11.5 Å². The molecule has 1 fully saturated rings. The summed E-state index contributed by atoms with van der Waals surface area (Å²) in [4.78, 5) is 14.8. The molecule has 1 aliphatic heterocycles. The summed E-state index contributed by atoms with van der Waals surface area (Å²) in [6.45, 7) is 2.97. The zero-order chi connectivity index (χ0) is 21.9. The maximum Gasteiger partial charge on any atom is 0.262 e. The van der Waals surface area contributed by atoms with Crippen LogP contribution in [0.3, 0.4) is 0 Å². The zero-order valence-corrected chi connectivity index (χ0v) is 18.8. The molecule has 0 spiro atoms. The summed E-state index contributed by atoms with van der Waals surface area (Å²) < 4.78 is 39.4. The minimum absolute atomic E-state index is 0.0245. The largest absolute Gasteiger partial charge is 0.493 e. The lowest BCUT2D eigenvalue weighted by Gasteiger charge is -2.27. The number of ether oxygens (including phenoxy) is 2. The molecular formula is C21H25ClN2O5S. The Labute approximate surface area is 182 Å². The Balaban J connectivity index is 1.99. The molecule has 1 aliphatic rings. The number of nitrogens with zero attached hydrogens (tertiary/aromatic N) is 1. The lowest BCUT2D eigenvalue weighted by atomic mass is 10.1. The standard InChI is InChI=1S/C21H25ClN2O5S/c1-14-11-18(28-2)19(29-3)13-20(14)30(26,27)23-17-12-15(22)7-8-16(17)21(25)24-9-5-4-6-10-24/h7-8,11-13,23H,4-6,9-10H2,1-3H3. The van der Waals surface area contributed by atoms with Gasteiger partial charge in [-0.05, 0) is 56.0 Å². The van der Waals surface area contributed by atoms with Crippen LogP contribution in [0.1, 0.15) is 35.2 Å². The number of nitrogens with one attached hydrogen (secondary N) is 1. The van der Waals surface area contributed by atoms with E-state index >= 15 is 0 Å². The molecule has 0 saturated carbocycles. The minimum atomic E-state index is -4.02. The van der Waals surface area contributed by atoms with Crippen LogP contribution in [-0.2, 0) is 10.0 Å². The number of benzene rings is 2. The molecule has 1 saturated heterocycles. The molecular weight excluding hydrogens is 428 g/mol. The Hall–Kier alpha value is -2.45. The van der Waals surface area contributed by atoms with E-state index in [-0.39, 0.29) is 22.1 Å². The van der Waals surface area contributed by atoms with Crippen molar-refractivity contribution >= 4 is 33.2 Å². The van der Waals surface area contributed by atoms with Crippen molar-refractivity contribution < 1.29 is 22.7 Å². The molecule has 0 radical (unpaired) electrons. The molecule has 0 aromatic heterocycles. The highest BCUT2D eigenvalue weighted by Gasteiger charge is 2.25. The fourth-order valence-electron chi connectivity index (χ4n) is 3.51. The third-order valence-electron chi connectivity index (χ3n) is 5.07. The van der Waals surface area contributed by atoms with Crippen LogP contribution >= 0.6 is 11.6 Å². The summed E-state index contributed by atoms with van der Waals surface area (Å²) in [7, 11) is -1.11. The lowest BCUT2D eigenvalue weighted by molar-refractivity contribution is 0.0725. The van der Waals surface area contributed by atoms with Gasteiger partial charge in [-0.1, -0.05) is 11.6 Å². The molecule has 1 amide bonds. The molecule has 0 bridgehead atoms. The Morgan fingerprint density at radius 2 is 1.67 bits per heavy atom. The first-order valence-electron chi connectivity index (χ1n) is 9.61. The molecule has 0 aliphatic carbocycles. The number of halogens is 1. The van der Waals surface area contributed by atoms with Gasteiger partial charge in [0.2, 0.25) is 0 Å². The van der Waals surface area contributed by atoms with Crippen molar-refractivity contribution in [2.45, 2.75) is 31.1 Å². The number of hydrogen-bond donors (Lipinski definition) is 1. The average Bonchev–Trinajstić information content (AvgIpc) is 2.73. The molecule has 0 unspecified atom stereocenters. The van der Waals surface area contributed by atoms with E-state index in [9.17, 15) is 13.2 Å². The fraction of sp³-hybridized carbons (Fsp3) is 0.381. The second kappa shape index (κ2) is 9.14. The summed E-state index contributed by atoms with van der Waals surface area (Å²) in [5.41, 5.74) is 0.890. The van der Waals surface area contributed by atoms with Crippen molar-refractivity contribution in [2.24, 2.45) is 0 Å². The van der Waals surface area contributed by atoms with Crippen LogP contribution in [0.5, 0.6) is 11.5 Å². The number of hydrogen-bond acceptors (Lipinski definition) is 5. The second-order valence-electron chi connectivity index (χ2n) is 7.12. The Bertz CT molecular complexity index is 1050. The molecule has 30 heavy (non-hydrogen) atoms. The predicted octanol–water partition coefficient (Wildman–Crippen LogP) is 4.09. The molecule has 7 nitrogen and oxygen atoms in total. The van der Waals surface area contributed by atoms with Gasteiger partial charge in [0.1, 0.15) is 0 Å². The maximum atomic E-state index is 13.2. The van der Waals surface area contributed by atoms with Gasteiger partial charge in [-0.25, -0.2) is 8.42 Å². The highest BCUT2D eigenvalue weighted by atomic mass is 35.5. The number of likely N-dealkylation sites (tertiary alicyclic amines) is 1. The van der Waals surface area contributed by atoms with Crippen LogP contribution in [-0.4, -0.2) is 46.5 Å². The van der Waals surface area contributed by atoms with E-state index in [1.165, 1.54) is 26.4 Å². The van der Waals surface area contributed by atoms with Gasteiger partial charge in [0.25, 0.3) is 15.9 Å². The first-order valence-corrected chi connectivity index (χ1v) is 11.5. The Morgan fingerprint density at radius 3 is 2.30 bits per heavy atom. The van der Waals surface area contributed by atoms with E-state index in [0.717, 1.165) is 19.3 Å². The van der Waals surface area contributed by atoms with Gasteiger partial charge in [-0.2, -0.15) is 0 Å². The summed E-state index contributed by atoms with van der Waals surface area (Å²) >= 11 is 6.10. The average molecular weight is 453 g/mol. The van der Waals surface area contributed by atoms with E-state index in [1.54, 1.807) is 30.0 Å². The molecule has 2 aromatic carbocycles. The van der Waals surface area contributed by atoms with Crippen molar-refractivity contribution in [3.8, 4) is 11.5 Å². The summed E-state index contributed by atoms with van der Waals surface area (Å²) in [5, 5.41) is 0.326. The monoisotopic (exact) mass is 452 g/mol. The topological polar surface area (TPSA) is 84.9 Å². The van der Waals surface area contributed by atoms with Gasteiger partial charge >= 0.3 is 0 Å². The van der Waals surface area contributed by atoms with Gasteiger partial charge < -0.3 is 14.4 Å². The van der Waals surface area contributed by atoms with Crippen molar-refractivity contribution in [3.05, 3.63) is 46.5 Å². The Kier molecular flexibility index (Phi) is 6.77. The van der Waals surface area contributed by atoms with Gasteiger partial charge in [-0.15, -0.1) is 0 Å². The highest BCUT2D eigenvalue weighted by Crippen LogP contribution is 2.34. The van der Waals surface area contributed by atoms with Crippen molar-refractivity contribution in [1.82, 2.24) is 4.90 Å². The number of aryl methyl sites for hydroxylation is 1. The highest BCUT2D eigenvalue weighted by molar-refractivity contribution is 7.92. The third kappa shape index (κ3) is 4.65. The number of piperidine rings is 1. The van der Waals surface area contributed by atoms with E-state index in [0.29, 0.717) is 35.2 Å². The quantitative estimate of drug-likeness (QED) is 0.713. The Morgan fingerprint density at radius 1 is 1.03 bits per heavy atom. The third-order valence-corrected chi connectivity index (χ3v) is 6.81. The van der Waals surface area contributed by atoms with Gasteiger partial charge in [-0.3, -0.25) is 9.52 Å². The number of sulfonamides is 1. The number of carbonyl (C=O) groups excluding carboxylic acids is 1. The van der Waals surface area contributed by atoms with E-state index in [4.69, 9.17) is 21.1 Å². The maximum absolute atomic E-state index is 13.2.